The Morgan fingerprint density at radius 1 is 1.15 bits per heavy atom. The van der Waals surface area contributed by atoms with E-state index in [0.29, 0.717) is 24.0 Å². The van der Waals surface area contributed by atoms with Crippen LogP contribution in [-0.4, -0.2) is 25.5 Å². The second-order valence-electron chi connectivity index (χ2n) is 6.48. The lowest BCUT2D eigenvalue weighted by Crippen LogP contribution is -2.13. The van der Waals surface area contributed by atoms with E-state index in [1.54, 1.807) is 24.4 Å². The smallest absolute Gasteiger partial charge is 0.224 e. The van der Waals surface area contributed by atoms with Crippen LogP contribution >= 0.6 is 0 Å². The van der Waals surface area contributed by atoms with Gasteiger partial charge in [-0.05, 0) is 49.7 Å². The summed E-state index contributed by atoms with van der Waals surface area (Å²) in [6, 6.07) is 14.9. The maximum absolute atomic E-state index is 12.4. The summed E-state index contributed by atoms with van der Waals surface area (Å²) in [5, 5.41) is 13.6. The largest absolute Gasteiger partial charge is 0.506 e. The molecule has 0 saturated carbocycles. The van der Waals surface area contributed by atoms with E-state index in [4.69, 9.17) is 0 Å². The van der Waals surface area contributed by atoms with Crippen molar-refractivity contribution in [2.75, 3.05) is 5.32 Å². The molecule has 0 fully saturated rings. The first-order valence-electron chi connectivity index (χ1n) is 8.92. The van der Waals surface area contributed by atoms with Gasteiger partial charge in [0, 0.05) is 24.5 Å². The van der Waals surface area contributed by atoms with Gasteiger partial charge in [-0.15, -0.1) is 0 Å². The first kappa shape index (κ1) is 17.0. The summed E-state index contributed by atoms with van der Waals surface area (Å²) in [6.07, 6.45) is 2.72. The second-order valence-corrected chi connectivity index (χ2v) is 6.48. The van der Waals surface area contributed by atoms with Gasteiger partial charge >= 0.3 is 0 Å². The van der Waals surface area contributed by atoms with Crippen molar-refractivity contribution in [2.45, 2.75) is 26.3 Å². The number of nitrogens with zero attached hydrogens (tertiary/aromatic N) is 3. The molecule has 0 radical (unpaired) electrons. The molecule has 0 aliphatic rings. The molecule has 0 bridgehead atoms. The molecule has 0 atom stereocenters. The van der Waals surface area contributed by atoms with Crippen LogP contribution in [0.1, 0.15) is 18.7 Å². The molecule has 2 N–H and O–H groups in total. The van der Waals surface area contributed by atoms with Gasteiger partial charge in [0.15, 0.2) is 0 Å². The molecule has 2 heterocycles. The van der Waals surface area contributed by atoms with Gasteiger partial charge in [-0.2, -0.15) is 0 Å². The summed E-state index contributed by atoms with van der Waals surface area (Å²) < 4.78 is 2.14. The van der Waals surface area contributed by atoms with Crippen molar-refractivity contribution in [1.29, 1.82) is 0 Å². The minimum absolute atomic E-state index is 0.0621. The molecule has 0 aliphatic carbocycles. The van der Waals surface area contributed by atoms with Crippen LogP contribution in [0.25, 0.3) is 21.9 Å². The van der Waals surface area contributed by atoms with E-state index in [-0.39, 0.29) is 11.7 Å². The highest BCUT2D eigenvalue weighted by atomic mass is 16.3. The number of phenols is 1. The number of benzene rings is 2. The van der Waals surface area contributed by atoms with Gasteiger partial charge in [-0.25, -0.2) is 4.98 Å². The average Bonchev–Trinajstić information content (AvgIpc) is 3.00. The Hall–Kier alpha value is -3.41. The lowest BCUT2D eigenvalue weighted by atomic mass is 10.1. The lowest BCUT2D eigenvalue weighted by molar-refractivity contribution is -0.116. The Labute approximate surface area is 156 Å². The maximum Gasteiger partial charge on any atom is 0.224 e. The summed E-state index contributed by atoms with van der Waals surface area (Å²) in [5.74, 6) is 0.992. The molecule has 27 heavy (non-hydrogen) atoms. The topological polar surface area (TPSA) is 80.0 Å². The third-order valence-corrected chi connectivity index (χ3v) is 4.65. The zero-order valence-corrected chi connectivity index (χ0v) is 15.0. The van der Waals surface area contributed by atoms with Crippen LogP contribution in [0.4, 0.5) is 5.69 Å². The molecule has 4 rings (SSSR count). The van der Waals surface area contributed by atoms with E-state index in [9.17, 15) is 9.90 Å². The van der Waals surface area contributed by atoms with Gasteiger partial charge in [0.25, 0.3) is 0 Å². The number of pyridine rings is 1. The quantitative estimate of drug-likeness (QED) is 0.527. The Balaban J connectivity index is 1.43. The van der Waals surface area contributed by atoms with Gasteiger partial charge in [-0.3, -0.25) is 9.78 Å². The van der Waals surface area contributed by atoms with Gasteiger partial charge in [-0.1, -0.05) is 12.1 Å². The standard InChI is InChI=1S/C21H20N4O2/c1-14-23-17-7-2-3-8-18(17)25(14)13-5-9-20(27)24-16-10-11-19(26)21-15(16)6-4-12-22-21/h2-4,6-8,10-12,26H,5,9,13H2,1H3,(H,24,27). The molecule has 2 aromatic heterocycles. The number of phenolic OH excluding ortho intramolecular Hbond substituents is 1. The van der Waals surface area contributed by atoms with Gasteiger partial charge in [0.2, 0.25) is 5.91 Å². The number of hydrogen-bond acceptors (Lipinski definition) is 4. The molecule has 0 aliphatic heterocycles. The fourth-order valence-corrected chi connectivity index (χ4v) is 3.36. The zero-order chi connectivity index (χ0) is 18.8. The molecular formula is C21H20N4O2. The van der Waals surface area contributed by atoms with Crippen LogP contribution in [0.3, 0.4) is 0 Å². The van der Waals surface area contributed by atoms with E-state index < -0.39 is 0 Å². The van der Waals surface area contributed by atoms with Crippen molar-refractivity contribution in [3.63, 3.8) is 0 Å². The number of anilines is 1. The number of para-hydroxylation sites is 2. The van der Waals surface area contributed by atoms with Crippen LogP contribution in [0.2, 0.25) is 0 Å². The van der Waals surface area contributed by atoms with Crippen LogP contribution < -0.4 is 5.32 Å². The van der Waals surface area contributed by atoms with E-state index in [1.165, 1.54) is 0 Å². The number of aromatic nitrogens is 3. The molecule has 1 amide bonds. The predicted molar refractivity (Wildman–Crippen MR) is 106 cm³/mol. The highest BCUT2D eigenvalue weighted by molar-refractivity contribution is 6.02. The van der Waals surface area contributed by atoms with Crippen LogP contribution in [0, 0.1) is 6.92 Å². The summed E-state index contributed by atoms with van der Waals surface area (Å²) in [4.78, 5) is 21.1. The molecule has 2 aromatic carbocycles. The van der Waals surface area contributed by atoms with E-state index in [1.807, 2.05) is 37.3 Å². The summed E-state index contributed by atoms with van der Waals surface area (Å²) >= 11 is 0. The number of amides is 1. The minimum atomic E-state index is -0.0621. The molecule has 4 aromatic rings. The summed E-state index contributed by atoms with van der Waals surface area (Å²) in [6.45, 7) is 2.72. The number of aryl methyl sites for hydroxylation is 2. The van der Waals surface area contributed by atoms with Gasteiger partial charge in [0.05, 0.1) is 16.7 Å². The number of carbonyl (C=O) groups excluding carboxylic acids is 1. The van der Waals surface area contributed by atoms with E-state index in [2.05, 4.69) is 19.9 Å². The fraction of sp³-hybridized carbons (Fsp3) is 0.190. The number of hydrogen-bond donors (Lipinski definition) is 2. The predicted octanol–water partition coefficient (Wildman–Crippen LogP) is 4.02. The lowest BCUT2D eigenvalue weighted by Gasteiger charge is -2.10. The van der Waals surface area contributed by atoms with Crippen LogP contribution in [0.5, 0.6) is 5.75 Å². The third kappa shape index (κ3) is 3.33. The monoisotopic (exact) mass is 360 g/mol. The van der Waals surface area contributed by atoms with Crippen molar-refractivity contribution in [3.05, 3.63) is 60.6 Å². The first-order valence-corrected chi connectivity index (χ1v) is 8.92. The van der Waals surface area contributed by atoms with Crippen molar-refractivity contribution in [3.8, 4) is 5.75 Å². The van der Waals surface area contributed by atoms with Crippen LogP contribution in [-0.2, 0) is 11.3 Å². The first-order chi connectivity index (χ1) is 13.1. The van der Waals surface area contributed by atoms with Gasteiger partial charge in [0.1, 0.15) is 17.1 Å². The Morgan fingerprint density at radius 2 is 2.00 bits per heavy atom. The number of rotatable bonds is 5. The van der Waals surface area contributed by atoms with Crippen molar-refractivity contribution in [2.24, 2.45) is 0 Å². The average molecular weight is 360 g/mol. The number of aromatic hydroxyl groups is 1. The highest BCUT2D eigenvalue weighted by Gasteiger charge is 2.10. The molecular weight excluding hydrogens is 340 g/mol. The van der Waals surface area contributed by atoms with Crippen molar-refractivity contribution >= 4 is 33.5 Å². The van der Waals surface area contributed by atoms with Crippen molar-refractivity contribution in [1.82, 2.24) is 14.5 Å². The number of carbonyl (C=O) groups is 1. The molecule has 0 unspecified atom stereocenters. The van der Waals surface area contributed by atoms with E-state index >= 15 is 0 Å². The van der Waals surface area contributed by atoms with Crippen LogP contribution in [0.15, 0.2) is 54.7 Å². The Bertz CT molecular complexity index is 1130. The minimum Gasteiger partial charge on any atom is -0.506 e. The molecule has 0 saturated heterocycles. The SMILES string of the molecule is Cc1nc2ccccc2n1CCCC(=O)Nc1ccc(O)c2ncccc12. The van der Waals surface area contributed by atoms with Gasteiger partial charge < -0.3 is 15.0 Å². The van der Waals surface area contributed by atoms with Crippen molar-refractivity contribution < 1.29 is 9.90 Å². The maximum atomic E-state index is 12.4. The number of nitrogens with one attached hydrogen (secondary N) is 1. The second kappa shape index (κ2) is 7.07. The Morgan fingerprint density at radius 3 is 2.89 bits per heavy atom. The summed E-state index contributed by atoms with van der Waals surface area (Å²) in [7, 11) is 0. The van der Waals surface area contributed by atoms with E-state index in [0.717, 1.165) is 28.8 Å². The third-order valence-electron chi connectivity index (χ3n) is 4.65. The molecule has 0 spiro atoms. The Kier molecular flexibility index (Phi) is 4.46. The fourth-order valence-electron chi connectivity index (χ4n) is 3.36. The zero-order valence-electron chi connectivity index (χ0n) is 15.0. The molecule has 6 nitrogen and oxygen atoms in total. The number of fused-ring (bicyclic) bond motifs is 2. The highest BCUT2D eigenvalue weighted by Crippen LogP contribution is 2.29. The normalized spacial score (nSPS) is 11.1. The molecule has 136 valence electrons. The summed E-state index contributed by atoms with van der Waals surface area (Å²) in [5.41, 5.74) is 3.20. The number of imidazole rings is 1. The molecule has 6 heteroatoms.